The molecule has 1 N–H and O–H groups in total. The maximum absolute atomic E-state index is 12.1. The summed E-state index contributed by atoms with van der Waals surface area (Å²) in [5, 5.41) is 0. The number of aromatic nitrogens is 2. The number of hydrogen-bond acceptors (Lipinski definition) is 2. The first-order chi connectivity index (χ1) is 6.07. The fourth-order valence-corrected chi connectivity index (χ4v) is 1.35. The number of halogens is 3. The predicted octanol–water partition coefficient (Wildman–Crippen LogP) is -1.55. The SMILES string of the molecule is F[B-](F)(F)C1CN(c2ncc[nH]2)C1.[K+]. The topological polar surface area (TPSA) is 31.9 Å². The molecule has 0 atom stereocenters. The van der Waals surface area contributed by atoms with E-state index >= 15 is 0 Å². The van der Waals surface area contributed by atoms with Crippen molar-refractivity contribution in [2.75, 3.05) is 18.0 Å². The summed E-state index contributed by atoms with van der Waals surface area (Å²) in [6.07, 6.45) is 3.13. The third-order valence-corrected chi connectivity index (χ3v) is 2.23. The van der Waals surface area contributed by atoms with Crippen molar-refractivity contribution in [3.05, 3.63) is 12.4 Å². The molecule has 1 aromatic heterocycles. The molecule has 8 heteroatoms. The molecular weight excluding hydrogens is 221 g/mol. The van der Waals surface area contributed by atoms with Crippen LogP contribution in [0.15, 0.2) is 12.4 Å². The molecule has 0 saturated carbocycles. The number of aromatic amines is 1. The van der Waals surface area contributed by atoms with Crippen molar-refractivity contribution in [2.45, 2.75) is 5.82 Å². The molecule has 0 bridgehead atoms. The van der Waals surface area contributed by atoms with Crippen molar-refractivity contribution in [1.82, 2.24) is 9.97 Å². The van der Waals surface area contributed by atoms with E-state index < -0.39 is 12.8 Å². The zero-order valence-corrected chi connectivity index (χ0v) is 10.9. The van der Waals surface area contributed by atoms with Gasteiger partial charge in [0, 0.05) is 25.5 Å². The molecule has 0 spiro atoms. The average Bonchev–Trinajstić information content (AvgIpc) is 2.31. The molecule has 2 rings (SSSR count). The molecule has 0 unspecified atom stereocenters. The molecule has 0 radical (unpaired) electrons. The van der Waals surface area contributed by atoms with E-state index in [1.807, 2.05) is 0 Å². The minimum Gasteiger partial charge on any atom is -0.449 e. The molecule has 1 saturated heterocycles. The minimum absolute atomic E-state index is 0. The van der Waals surface area contributed by atoms with Gasteiger partial charge in [0.2, 0.25) is 5.95 Å². The standard InChI is InChI=1S/C6H8BF3N3.K/c8-7(9,10)5-3-13(4-5)6-11-1-2-12-6;/h1-2,5H,3-4H2,(H,11,12);/q-1;+1. The first-order valence-corrected chi connectivity index (χ1v) is 4.01. The van der Waals surface area contributed by atoms with Crippen LogP contribution in [0, 0.1) is 0 Å². The number of nitrogens with one attached hydrogen (secondary N) is 1. The number of H-pyrrole nitrogens is 1. The first-order valence-electron chi connectivity index (χ1n) is 4.01. The van der Waals surface area contributed by atoms with Crippen LogP contribution >= 0.6 is 0 Å². The number of imidazole rings is 1. The van der Waals surface area contributed by atoms with E-state index in [4.69, 9.17) is 0 Å². The molecule has 1 aromatic rings. The Morgan fingerprint density at radius 3 is 2.50 bits per heavy atom. The third-order valence-electron chi connectivity index (χ3n) is 2.23. The van der Waals surface area contributed by atoms with Gasteiger partial charge in [0.15, 0.2) is 0 Å². The van der Waals surface area contributed by atoms with E-state index in [0.717, 1.165) is 0 Å². The molecular formula is C6H8BF3KN3. The fourth-order valence-electron chi connectivity index (χ4n) is 1.35. The maximum atomic E-state index is 12.1. The quantitative estimate of drug-likeness (QED) is 0.623. The van der Waals surface area contributed by atoms with Gasteiger partial charge in [0.05, 0.1) is 0 Å². The van der Waals surface area contributed by atoms with Gasteiger partial charge in [-0.1, -0.05) is 0 Å². The van der Waals surface area contributed by atoms with Gasteiger partial charge in [-0.05, 0) is 5.82 Å². The molecule has 14 heavy (non-hydrogen) atoms. The van der Waals surface area contributed by atoms with Gasteiger partial charge < -0.3 is 22.8 Å². The summed E-state index contributed by atoms with van der Waals surface area (Å²) in [7, 11) is 0. The second-order valence-corrected chi connectivity index (χ2v) is 3.20. The van der Waals surface area contributed by atoms with Crippen molar-refractivity contribution in [2.24, 2.45) is 0 Å². The number of rotatable bonds is 2. The van der Waals surface area contributed by atoms with Gasteiger partial charge in [-0.2, -0.15) is 0 Å². The smallest absolute Gasteiger partial charge is 0.449 e. The van der Waals surface area contributed by atoms with Gasteiger partial charge in [-0.25, -0.2) is 4.98 Å². The molecule has 1 fully saturated rings. The van der Waals surface area contributed by atoms with Crippen LogP contribution in [-0.4, -0.2) is 30.0 Å². The Labute approximate surface area is 122 Å². The largest absolute Gasteiger partial charge is 1.00 e. The van der Waals surface area contributed by atoms with Crippen molar-refractivity contribution >= 4 is 12.9 Å². The monoisotopic (exact) mass is 229 g/mol. The van der Waals surface area contributed by atoms with Gasteiger partial charge in [-0.15, -0.1) is 0 Å². The van der Waals surface area contributed by atoms with Crippen LogP contribution in [0.5, 0.6) is 0 Å². The average molecular weight is 229 g/mol. The first kappa shape index (κ1) is 12.6. The van der Waals surface area contributed by atoms with E-state index in [0.29, 0.717) is 5.95 Å². The van der Waals surface area contributed by atoms with Gasteiger partial charge in [0.25, 0.3) is 0 Å². The summed E-state index contributed by atoms with van der Waals surface area (Å²) in [6, 6.07) is 0. The van der Waals surface area contributed by atoms with Crippen LogP contribution in [-0.2, 0) is 0 Å². The van der Waals surface area contributed by atoms with Crippen molar-refractivity contribution in [3.63, 3.8) is 0 Å². The van der Waals surface area contributed by atoms with Gasteiger partial charge in [-0.3, -0.25) is 0 Å². The third kappa shape index (κ3) is 2.54. The molecule has 2 heterocycles. The van der Waals surface area contributed by atoms with E-state index in [9.17, 15) is 12.9 Å². The number of anilines is 1. The summed E-state index contributed by atoms with van der Waals surface area (Å²) < 4.78 is 36.4. The Kier molecular flexibility index (Phi) is 4.10. The van der Waals surface area contributed by atoms with Gasteiger partial charge in [0.1, 0.15) is 0 Å². The molecule has 1 aliphatic rings. The van der Waals surface area contributed by atoms with Crippen molar-refractivity contribution in [3.8, 4) is 0 Å². The van der Waals surface area contributed by atoms with E-state index in [1.54, 1.807) is 11.1 Å². The second kappa shape index (κ2) is 4.56. The van der Waals surface area contributed by atoms with E-state index in [1.165, 1.54) is 6.20 Å². The Balaban J connectivity index is 0.000000980. The maximum Gasteiger partial charge on any atom is 1.00 e. The molecule has 0 aromatic carbocycles. The normalized spacial score (nSPS) is 17.5. The Hall–Kier alpha value is 0.501. The Bertz CT molecular complexity index is 283. The predicted molar refractivity (Wildman–Crippen MR) is 43.6 cm³/mol. The fraction of sp³-hybridized carbons (Fsp3) is 0.500. The molecule has 0 aliphatic carbocycles. The summed E-state index contributed by atoms with van der Waals surface area (Å²) in [6.45, 7) is -4.59. The molecule has 1 aliphatic heterocycles. The number of nitrogens with zero attached hydrogens (tertiary/aromatic N) is 2. The second-order valence-electron chi connectivity index (χ2n) is 3.20. The molecule has 3 nitrogen and oxygen atoms in total. The van der Waals surface area contributed by atoms with Crippen LogP contribution < -0.4 is 56.3 Å². The summed E-state index contributed by atoms with van der Waals surface area (Å²) in [4.78, 5) is 8.21. The van der Waals surface area contributed by atoms with Crippen LogP contribution in [0.25, 0.3) is 0 Å². The van der Waals surface area contributed by atoms with E-state index in [-0.39, 0.29) is 64.5 Å². The molecule has 0 amide bonds. The summed E-state index contributed by atoms with van der Waals surface area (Å²) >= 11 is 0. The van der Waals surface area contributed by atoms with Crippen LogP contribution in [0.1, 0.15) is 0 Å². The van der Waals surface area contributed by atoms with Crippen LogP contribution in [0.3, 0.4) is 0 Å². The Morgan fingerprint density at radius 1 is 1.43 bits per heavy atom. The van der Waals surface area contributed by atoms with Gasteiger partial charge >= 0.3 is 58.4 Å². The van der Waals surface area contributed by atoms with E-state index in [2.05, 4.69) is 9.97 Å². The summed E-state index contributed by atoms with van der Waals surface area (Å²) in [5.41, 5.74) is 0. The minimum atomic E-state index is -4.67. The Morgan fingerprint density at radius 2 is 2.07 bits per heavy atom. The summed E-state index contributed by atoms with van der Waals surface area (Å²) in [5.74, 6) is -0.610. The zero-order chi connectivity index (χ0) is 9.47. The van der Waals surface area contributed by atoms with Crippen LogP contribution in [0.4, 0.5) is 18.9 Å². The van der Waals surface area contributed by atoms with Crippen molar-refractivity contribution < 1.29 is 64.3 Å². The van der Waals surface area contributed by atoms with Crippen molar-refractivity contribution in [1.29, 1.82) is 0 Å². The number of hydrogen-bond donors (Lipinski definition) is 1. The van der Waals surface area contributed by atoms with Crippen LogP contribution in [0.2, 0.25) is 5.82 Å². The molecule has 72 valence electrons. The zero-order valence-electron chi connectivity index (χ0n) is 7.75.